The van der Waals surface area contributed by atoms with Crippen molar-refractivity contribution in [2.24, 2.45) is 0 Å². The van der Waals surface area contributed by atoms with E-state index in [0.29, 0.717) is 31.7 Å². The van der Waals surface area contributed by atoms with Crippen molar-refractivity contribution in [3.63, 3.8) is 0 Å². The summed E-state index contributed by atoms with van der Waals surface area (Å²) in [6.45, 7) is 4.41. The Morgan fingerprint density at radius 2 is 2.18 bits per heavy atom. The lowest BCUT2D eigenvalue weighted by Gasteiger charge is -2.29. The standard InChI is InChI=1S/C20H23N5O2S/c26-17-2-1-5-23(12-17)10-15-9-16-11-24(6-7-25(16)22-15)20(27)14-3-4-19-18(8-14)21-13-28-19/h3-4,8-9,13,17,26H,1-2,5-7,10-12H2. The fourth-order valence-electron chi connectivity index (χ4n) is 4.15. The van der Waals surface area contributed by atoms with Gasteiger partial charge in [0, 0.05) is 25.2 Å². The quantitative estimate of drug-likeness (QED) is 0.733. The number of rotatable bonds is 3. The van der Waals surface area contributed by atoms with Crippen molar-refractivity contribution in [3.8, 4) is 0 Å². The minimum atomic E-state index is -0.228. The highest BCUT2D eigenvalue weighted by molar-refractivity contribution is 7.16. The van der Waals surface area contributed by atoms with Crippen LogP contribution in [0.2, 0.25) is 0 Å². The summed E-state index contributed by atoms with van der Waals surface area (Å²) in [6.07, 6.45) is 1.69. The van der Waals surface area contributed by atoms with Crippen molar-refractivity contribution < 1.29 is 9.90 Å². The number of aliphatic hydroxyl groups excluding tert-OH is 1. The maximum absolute atomic E-state index is 13.0. The molecule has 2 aliphatic rings. The number of amides is 1. The SMILES string of the molecule is O=C(c1ccc2scnc2c1)N1CCn2nc(CN3CCCC(O)C3)cc2C1. The molecule has 28 heavy (non-hydrogen) atoms. The number of carbonyl (C=O) groups excluding carboxylic acids is 1. The van der Waals surface area contributed by atoms with Crippen molar-refractivity contribution in [3.05, 3.63) is 46.7 Å². The molecule has 1 fully saturated rings. The topological polar surface area (TPSA) is 74.5 Å². The lowest BCUT2D eigenvalue weighted by atomic mass is 10.1. The van der Waals surface area contributed by atoms with E-state index in [-0.39, 0.29) is 12.0 Å². The monoisotopic (exact) mass is 397 g/mol. The predicted molar refractivity (Wildman–Crippen MR) is 107 cm³/mol. The minimum absolute atomic E-state index is 0.0445. The van der Waals surface area contributed by atoms with E-state index in [0.717, 1.165) is 47.5 Å². The summed E-state index contributed by atoms with van der Waals surface area (Å²) in [5, 5.41) is 14.6. The second-order valence-electron chi connectivity index (χ2n) is 7.64. The molecule has 4 heterocycles. The molecule has 1 atom stereocenters. The molecule has 1 saturated heterocycles. The van der Waals surface area contributed by atoms with Crippen LogP contribution in [0.5, 0.6) is 0 Å². The summed E-state index contributed by atoms with van der Waals surface area (Å²) in [5.41, 5.74) is 5.46. The van der Waals surface area contributed by atoms with Crippen LogP contribution in [0, 0.1) is 0 Å². The molecule has 146 valence electrons. The zero-order chi connectivity index (χ0) is 19.1. The summed E-state index contributed by atoms with van der Waals surface area (Å²) < 4.78 is 3.11. The van der Waals surface area contributed by atoms with Gasteiger partial charge in [0.15, 0.2) is 0 Å². The summed E-state index contributed by atoms with van der Waals surface area (Å²) in [4.78, 5) is 21.4. The average Bonchev–Trinajstić information content (AvgIpc) is 3.32. The van der Waals surface area contributed by atoms with Crippen LogP contribution in [-0.2, 0) is 19.6 Å². The zero-order valence-electron chi connectivity index (χ0n) is 15.6. The molecule has 0 saturated carbocycles. The fraction of sp³-hybridized carbons (Fsp3) is 0.450. The Morgan fingerprint density at radius 3 is 3.07 bits per heavy atom. The van der Waals surface area contributed by atoms with Crippen LogP contribution in [0.15, 0.2) is 29.8 Å². The van der Waals surface area contributed by atoms with Crippen LogP contribution in [-0.4, -0.2) is 61.3 Å². The number of benzene rings is 1. The number of β-amino-alcohol motifs (C(OH)–C–C–N with tert-alkyl or cyclic N) is 1. The van der Waals surface area contributed by atoms with Gasteiger partial charge in [-0.25, -0.2) is 4.98 Å². The van der Waals surface area contributed by atoms with E-state index in [1.54, 1.807) is 16.8 Å². The minimum Gasteiger partial charge on any atom is -0.392 e. The number of thiazole rings is 1. The molecule has 2 aromatic heterocycles. The van der Waals surface area contributed by atoms with Gasteiger partial charge in [-0.15, -0.1) is 11.3 Å². The molecular weight excluding hydrogens is 374 g/mol. The van der Waals surface area contributed by atoms with Crippen molar-refractivity contribution in [1.29, 1.82) is 0 Å². The van der Waals surface area contributed by atoms with E-state index < -0.39 is 0 Å². The number of hydrogen-bond donors (Lipinski definition) is 1. The highest BCUT2D eigenvalue weighted by Crippen LogP contribution is 2.22. The molecule has 0 spiro atoms. The van der Waals surface area contributed by atoms with Gasteiger partial charge in [0.05, 0.1) is 46.3 Å². The first kappa shape index (κ1) is 17.8. The lowest BCUT2D eigenvalue weighted by Crippen LogP contribution is -2.38. The number of carbonyl (C=O) groups is 1. The van der Waals surface area contributed by atoms with Crippen LogP contribution in [0.1, 0.15) is 34.6 Å². The summed E-state index contributed by atoms with van der Waals surface area (Å²) in [7, 11) is 0. The summed E-state index contributed by atoms with van der Waals surface area (Å²) in [5.74, 6) is 0.0445. The third-order valence-electron chi connectivity index (χ3n) is 5.58. The molecule has 5 rings (SSSR count). The van der Waals surface area contributed by atoms with Gasteiger partial charge in [-0.05, 0) is 43.7 Å². The zero-order valence-corrected chi connectivity index (χ0v) is 16.4. The van der Waals surface area contributed by atoms with Crippen molar-refractivity contribution in [2.75, 3.05) is 19.6 Å². The third-order valence-corrected chi connectivity index (χ3v) is 6.39. The van der Waals surface area contributed by atoms with E-state index in [9.17, 15) is 9.90 Å². The number of aromatic nitrogens is 3. The molecule has 7 nitrogen and oxygen atoms in total. The van der Waals surface area contributed by atoms with Gasteiger partial charge in [0.1, 0.15) is 0 Å². The first-order valence-electron chi connectivity index (χ1n) is 9.74. The average molecular weight is 398 g/mol. The van der Waals surface area contributed by atoms with Crippen LogP contribution >= 0.6 is 11.3 Å². The van der Waals surface area contributed by atoms with E-state index in [1.165, 1.54) is 0 Å². The maximum Gasteiger partial charge on any atom is 0.254 e. The molecule has 1 unspecified atom stereocenters. The van der Waals surface area contributed by atoms with Crippen LogP contribution in [0.4, 0.5) is 0 Å². The highest BCUT2D eigenvalue weighted by Gasteiger charge is 2.25. The summed E-state index contributed by atoms with van der Waals surface area (Å²) >= 11 is 1.58. The molecule has 2 aliphatic heterocycles. The normalized spacial score (nSPS) is 20.5. The van der Waals surface area contributed by atoms with Crippen molar-refractivity contribution >= 4 is 27.5 Å². The predicted octanol–water partition coefficient (Wildman–Crippen LogP) is 2.11. The molecule has 8 heteroatoms. The number of aliphatic hydroxyl groups is 1. The third kappa shape index (κ3) is 3.43. The number of likely N-dealkylation sites (tertiary alicyclic amines) is 1. The molecular formula is C20H23N5O2S. The first-order valence-corrected chi connectivity index (χ1v) is 10.6. The Labute approximate surface area is 167 Å². The molecule has 0 bridgehead atoms. The largest absolute Gasteiger partial charge is 0.392 e. The number of nitrogens with zero attached hydrogens (tertiary/aromatic N) is 5. The van der Waals surface area contributed by atoms with Gasteiger partial charge in [-0.2, -0.15) is 5.10 Å². The van der Waals surface area contributed by atoms with Gasteiger partial charge in [0.2, 0.25) is 0 Å². The number of fused-ring (bicyclic) bond motifs is 2. The second kappa shape index (κ2) is 7.27. The van der Waals surface area contributed by atoms with Crippen LogP contribution < -0.4 is 0 Å². The Kier molecular flexibility index (Phi) is 4.62. The van der Waals surface area contributed by atoms with Crippen molar-refractivity contribution in [1.82, 2.24) is 24.6 Å². The lowest BCUT2D eigenvalue weighted by molar-refractivity contribution is 0.0661. The Hall–Kier alpha value is -2.29. The summed E-state index contributed by atoms with van der Waals surface area (Å²) in [6, 6.07) is 7.85. The number of piperidine rings is 1. The van der Waals surface area contributed by atoms with Crippen LogP contribution in [0.25, 0.3) is 10.2 Å². The van der Waals surface area contributed by atoms with Gasteiger partial charge in [0.25, 0.3) is 5.91 Å². The maximum atomic E-state index is 13.0. The smallest absolute Gasteiger partial charge is 0.254 e. The second-order valence-corrected chi connectivity index (χ2v) is 8.53. The van der Waals surface area contributed by atoms with Gasteiger partial charge in [-0.3, -0.25) is 14.4 Å². The van der Waals surface area contributed by atoms with Crippen molar-refractivity contribution in [2.45, 2.75) is 38.6 Å². The number of hydrogen-bond acceptors (Lipinski definition) is 6. The van der Waals surface area contributed by atoms with E-state index in [2.05, 4.69) is 16.0 Å². The van der Waals surface area contributed by atoms with Crippen LogP contribution in [0.3, 0.4) is 0 Å². The van der Waals surface area contributed by atoms with Gasteiger partial charge in [-0.1, -0.05) is 0 Å². The fourth-order valence-corrected chi connectivity index (χ4v) is 4.81. The van der Waals surface area contributed by atoms with E-state index >= 15 is 0 Å². The van der Waals surface area contributed by atoms with Gasteiger partial charge < -0.3 is 10.0 Å². The molecule has 3 aromatic rings. The first-order chi connectivity index (χ1) is 13.7. The molecule has 1 amide bonds. The Balaban J connectivity index is 1.29. The molecule has 0 aliphatic carbocycles. The van der Waals surface area contributed by atoms with E-state index in [4.69, 9.17) is 5.10 Å². The Morgan fingerprint density at radius 1 is 1.25 bits per heavy atom. The van der Waals surface area contributed by atoms with E-state index in [1.807, 2.05) is 27.8 Å². The molecule has 1 N–H and O–H groups in total. The van der Waals surface area contributed by atoms with Gasteiger partial charge >= 0.3 is 0 Å². The molecule has 0 radical (unpaired) electrons. The molecule has 1 aromatic carbocycles. The Bertz CT molecular complexity index is 1010. The highest BCUT2D eigenvalue weighted by atomic mass is 32.1.